The molecular formula is C63H46N2O. The Hall–Kier alpha value is -8.14. The number of aliphatic imine (C=N–C) groups is 2. The van der Waals surface area contributed by atoms with Gasteiger partial charge < -0.3 is 4.42 Å². The minimum Gasteiger partial charge on any atom is -0.456 e. The Morgan fingerprint density at radius 1 is 0.576 bits per heavy atom. The number of hydrogen-bond acceptors (Lipinski definition) is 2. The molecule has 12 rings (SSSR count). The molecule has 2 atom stereocenters. The molecule has 3 heteroatoms. The number of rotatable bonds is 7. The van der Waals surface area contributed by atoms with Gasteiger partial charge in [-0.1, -0.05) is 202 Å². The number of benzene rings is 8. The maximum absolute atomic E-state index is 6.33. The van der Waals surface area contributed by atoms with Crippen LogP contribution in [0.25, 0.3) is 66.6 Å². The number of amidine groups is 1. The van der Waals surface area contributed by atoms with Gasteiger partial charge in [0.1, 0.15) is 11.2 Å². The van der Waals surface area contributed by atoms with E-state index < -0.39 is 5.41 Å². The molecule has 3 aliphatic carbocycles. The van der Waals surface area contributed by atoms with Gasteiger partial charge in [0.2, 0.25) is 0 Å². The van der Waals surface area contributed by atoms with Crippen LogP contribution in [0.4, 0.5) is 0 Å². The summed E-state index contributed by atoms with van der Waals surface area (Å²) in [6, 6.07) is 66.8. The molecule has 0 amide bonds. The highest BCUT2D eigenvalue weighted by Crippen LogP contribution is 2.65. The predicted octanol–water partition coefficient (Wildman–Crippen LogP) is 16.1. The van der Waals surface area contributed by atoms with Crippen molar-refractivity contribution in [2.24, 2.45) is 15.9 Å². The fourth-order valence-electron chi connectivity index (χ4n) is 11.2. The summed E-state index contributed by atoms with van der Waals surface area (Å²) in [7, 11) is 0. The van der Waals surface area contributed by atoms with Crippen LogP contribution in [0, 0.1) is 5.92 Å². The second-order valence-electron chi connectivity index (χ2n) is 17.8. The quantitative estimate of drug-likeness (QED) is 0.116. The molecule has 1 spiro atoms. The molecule has 8 aromatic carbocycles. The lowest BCUT2D eigenvalue weighted by atomic mass is 9.67. The first-order valence-corrected chi connectivity index (χ1v) is 22.8. The van der Waals surface area contributed by atoms with Gasteiger partial charge in [-0.25, -0.2) is 9.98 Å². The number of para-hydroxylation sites is 1. The van der Waals surface area contributed by atoms with Gasteiger partial charge in [-0.15, -0.1) is 0 Å². The van der Waals surface area contributed by atoms with Crippen molar-refractivity contribution in [1.29, 1.82) is 0 Å². The lowest BCUT2D eigenvalue weighted by molar-refractivity contribution is 0.669. The summed E-state index contributed by atoms with van der Waals surface area (Å²) in [5.74, 6) is 0.978. The normalized spacial score (nSPS) is 17.3. The number of hydrogen-bond donors (Lipinski definition) is 0. The van der Waals surface area contributed by atoms with Crippen LogP contribution in [0.2, 0.25) is 0 Å². The van der Waals surface area contributed by atoms with Crippen LogP contribution in [-0.2, 0) is 5.41 Å². The van der Waals surface area contributed by atoms with Crippen LogP contribution in [0.1, 0.15) is 59.2 Å². The fourth-order valence-corrected chi connectivity index (χ4v) is 11.2. The lowest BCUT2D eigenvalue weighted by Gasteiger charge is -2.34. The molecule has 0 aliphatic heterocycles. The van der Waals surface area contributed by atoms with E-state index in [1.165, 1.54) is 50.1 Å². The van der Waals surface area contributed by atoms with Crippen molar-refractivity contribution in [3.8, 4) is 33.4 Å². The van der Waals surface area contributed by atoms with Crippen LogP contribution in [-0.4, -0.2) is 11.5 Å². The molecule has 0 saturated carbocycles. The predicted molar refractivity (Wildman–Crippen MR) is 276 cm³/mol. The molecule has 0 saturated heterocycles. The number of nitrogens with zero attached hydrogens (tertiary/aromatic N) is 2. The molecule has 0 fully saturated rings. The molecule has 314 valence electrons. The summed E-state index contributed by atoms with van der Waals surface area (Å²) in [4.78, 5) is 10.7. The maximum atomic E-state index is 6.33. The Morgan fingerprint density at radius 3 is 2.03 bits per heavy atom. The average molecular weight is 847 g/mol. The van der Waals surface area contributed by atoms with Crippen molar-refractivity contribution in [1.82, 2.24) is 0 Å². The highest BCUT2D eigenvalue weighted by atomic mass is 16.3. The fraction of sp³-hybridized carbons (Fsp3) is 0.0794. The summed E-state index contributed by atoms with van der Waals surface area (Å²) >= 11 is 0. The highest BCUT2D eigenvalue weighted by molar-refractivity contribution is 6.23. The molecule has 0 N–H and O–H groups in total. The van der Waals surface area contributed by atoms with E-state index in [0.29, 0.717) is 17.5 Å². The molecule has 3 nitrogen and oxygen atoms in total. The monoisotopic (exact) mass is 846 g/mol. The molecule has 1 heterocycles. The van der Waals surface area contributed by atoms with Crippen molar-refractivity contribution in [3.63, 3.8) is 0 Å². The van der Waals surface area contributed by atoms with Crippen molar-refractivity contribution >= 4 is 44.8 Å². The van der Waals surface area contributed by atoms with Crippen molar-refractivity contribution < 1.29 is 4.42 Å². The number of allylic oxidation sites excluding steroid dienone is 5. The molecule has 2 unspecified atom stereocenters. The zero-order valence-corrected chi connectivity index (χ0v) is 37.1. The largest absolute Gasteiger partial charge is 0.456 e. The van der Waals surface area contributed by atoms with E-state index in [0.717, 1.165) is 73.0 Å². The Balaban J connectivity index is 1.000. The van der Waals surface area contributed by atoms with Gasteiger partial charge >= 0.3 is 0 Å². The molecule has 0 bridgehead atoms. The third-order valence-electron chi connectivity index (χ3n) is 13.9. The van der Waals surface area contributed by atoms with Gasteiger partial charge in [0.15, 0.2) is 5.84 Å². The molecule has 3 aliphatic rings. The summed E-state index contributed by atoms with van der Waals surface area (Å²) in [5, 5.41) is 2.15. The minimum atomic E-state index is -0.439. The third kappa shape index (κ3) is 5.97. The first-order chi connectivity index (χ1) is 32.4. The van der Waals surface area contributed by atoms with Crippen molar-refractivity contribution in [3.05, 3.63) is 263 Å². The number of furan rings is 1. The van der Waals surface area contributed by atoms with Gasteiger partial charge in [-0.3, -0.25) is 0 Å². The first-order valence-electron chi connectivity index (χ1n) is 22.8. The molecule has 0 radical (unpaired) electrons. The molecular weight excluding hydrogens is 801 g/mol. The van der Waals surface area contributed by atoms with E-state index in [1.807, 2.05) is 43.3 Å². The van der Waals surface area contributed by atoms with Crippen LogP contribution >= 0.6 is 0 Å². The van der Waals surface area contributed by atoms with Crippen LogP contribution < -0.4 is 0 Å². The van der Waals surface area contributed by atoms with Gasteiger partial charge in [-0.05, 0) is 110 Å². The molecule has 66 heavy (non-hydrogen) atoms. The van der Waals surface area contributed by atoms with Gasteiger partial charge in [0.05, 0.1) is 16.8 Å². The minimum absolute atomic E-state index is 0.421. The second kappa shape index (κ2) is 15.5. The summed E-state index contributed by atoms with van der Waals surface area (Å²) in [5.41, 5.74) is 21.5. The van der Waals surface area contributed by atoms with Crippen LogP contribution in [0.5, 0.6) is 0 Å². The van der Waals surface area contributed by atoms with Gasteiger partial charge in [-0.2, -0.15) is 0 Å². The topological polar surface area (TPSA) is 37.9 Å². The van der Waals surface area contributed by atoms with E-state index in [-0.39, 0.29) is 0 Å². The van der Waals surface area contributed by atoms with E-state index in [9.17, 15) is 0 Å². The highest BCUT2D eigenvalue weighted by Gasteiger charge is 2.54. The lowest BCUT2D eigenvalue weighted by Crippen LogP contribution is -2.28. The summed E-state index contributed by atoms with van der Waals surface area (Å²) in [6.07, 6.45) is 5.85. The van der Waals surface area contributed by atoms with E-state index >= 15 is 0 Å². The smallest absolute Gasteiger partial charge is 0.160 e. The van der Waals surface area contributed by atoms with Gasteiger partial charge in [0, 0.05) is 27.5 Å². The first kappa shape index (κ1) is 39.5. The van der Waals surface area contributed by atoms with Gasteiger partial charge in [0.25, 0.3) is 0 Å². The SMILES string of the molecule is C=C(C)C(=NC(=NC(=C)c1cccc(-c2cccc3c2C2(C4=C(c5ccccc52)C(C)CC=C4)c2ccccc2-3)c1)c1ccccc1)c1ccccc1-c1cccc2oc3ccccc3c12. The van der Waals surface area contributed by atoms with E-state index in [1.54, 1.807) is 0 Å². The Kier molecular flexibility index (Phi) is 9.29. The molecule has 9 aromatic rings. The third-order valence-corrected chi connectivity index (χ3v) is 13.9. The van der Waals surface area contributed by atoms with Crippen molar-refractivity contribution in [2.45, 2.75) is 25.7 Å². The Morgan fingerprint density at radius 2 is 1.20 bits per heavy atom. The van der Waals surface area contributed by atoms with Crippen LogP contribution in [0.3, 0.4) is 0 Å². The number of fused-ring (bicyclic) bond motifs is 12. The summed E-state index contributed by atoms with van der Waals surface area (Å²) in [6.45, 7) is 13.5. The molecule has 1 aromatic heterocycles. The Bertz CT molecular complexity index is 3630. The standard InChI is InChI=1S/C63H46N2O/c1-39(2)61(50-27-9-8-25-46(50)48-31-19-37-57-59(48)52-29-12-15-36-56(52)66-57)65-62(42-21-6-5-7-22-42)64-41(4)43-23-17-24-44(38-43)45-30-18-32-49-47-26-10-13-33-53(47)63(60(45)49)54-34-14-11-28-51(54)58-40(3)20-16-35-55(58)63/h5-19,21-38,40H,1,4,20H2,2-3H3. The average Bonchev–Trinajstić information content (AvgIpc) is 4.00. The summed E-state index contributed by atoms with van der Waals surface area (Å²) < 4.78 is 6.33. The van der Waals surface area contributed by atoms with Crippen molar-refractivity contribution in [2.75, 3.05) is 0 Å². The zero-order chi connectivity index (χ0) is 44.5. The maximum Gasteiger partial charge on any atom is 0.160 e. The van der Waals surface area contributed by atoms with E-state index in [4.69, 9.17) is 14.4 Å². The second-order valence-corrected chi connectivity index (χ2v) is 17.8. The van der Waals surface area contributed by atoms with Crippen LogP contribution in [0.15, 0.2) is 239 Å². The Labute approximate surface area is 385 Å². The zero-order valence-electron chi connectivity index (χ0n) is 37.1. The van der Waals surface area contributed by atoms with E-state index in [2.05, 4.69) is 184 Å².